The van der Waals surface area contributed by atoms with Gasteiger partial charge < -0.3 is 14.4 Å². The Hall–Kier alpha value is -2.74. The number of carbonyl (C=O) groups excluding carboxylic acids is 1. The number of para-hydroxylation sites is 1. The van der Waals surface area contributed by atoms with Gasteiger partial charge in [0.1, 0.15) is 5.82 Å². The van der Waals surface area contributed by atoms with Crippen molar-refractivity contribution >= 4 is 28.4 Å². The summed E-state index contributed by atoms with van der Waals surface area (Å²) < 4.78 is 12.0. The van der Waals surface area contributed by atoms with Crippen molar-refractivity contribution < 1.29 is 14.3 Å². The van der Waals surface area contributed by atoms with Gasteiger partial charge in [0.15, 0.2) is 0 Å². The van der Waals surface area contributed by atoms with Crippen LogP contribution in [0.2, 0.25) is 5.02 Å². The number of ether oxygens (including phenoxy) is 2. The third kappa shape index (κ3) is 5.35. The van der Waals surface area contributed by atoms with E-state index in [0.29, 0.717) is 60.0 Å². The van der Waals surface area contributed by atoms with E-state index < -0.39 is 6.04 Å². The second-order valence-electron chi connectivity index (χ2n) is 7.47. The summed E-state index contributed by atoms with van der Waals surface area (Å²) in [6.45, 7) is 3.52. The van der Waals surface area contributed by atoms with E-state index in [1.54, 1.807) is 54.0 Å². The largest absolute Gasteiger partial charge is 0.385 e. The number of rotatable bonds is 10. The lowest BCUT2D eigenvalue weighted by atomic mass is 10.1. The second kappa shape index (κ2) is 11.2. The average molecular weight is 458 g/mol. The molecule has 0 fully saturated rings. The molecule has 0 aliphatic rings. The van der Waals surface area contributed by atoms with E-state index >= 15 is 0 Å². The molecule has 3 rings (SSSR count). The lowest BCUT2D eigenvalue weighted by Crippen LogP contribution is -2.39. The van der Waals surface area contributed by atoms with Gasteiger partial charge >= 0.3 is 0 Å². The predicted molar refractivity (Wildman–Crippen MR) is 125 cm³/mol. The molecule has 0 bridgehead atoms. The Morgan fingerprint density at radius 2 is 1.88 bits per heavy atom. The van der Waals surface area contributed by atoms with Crippen molar-refractivity contribution in [1.82, 2.24) is 14.5 Å². The molecule has 170 valence electrons. The summed E-state index contributed by atoms with van der Waals surface area (Å²) in [5.41, 5.74) is 0.926. The minimum absolute atomic E-state index is 0.151. The number of hydrogen-bond donors (Lipinski definition) is 0. The fourth-order valence-electron chi connectivity index (χ4n) is 3.68. The average Bonchev–Trinajstić information content (AvgIpc) is 2.80. The predicted octanol–water partition coefficient (Wildman–Crippen LogP) is 3.94. The molecule has 2 aromatic carbocycles. The molecule has 0 N–H and O–H groups in total. The Bertz CT molecular complexity index is 1130. The van der Waals surface area contributed by atoms with Gasteiger partial charge in [-0.3, -0.25) is 14.2 Å². The maximum Gasteiger partial charge on any atom is 0.261 e. The zero-order valence-electron chi connectivity index (χ0n) is 18.6. The summed E-state index contributed by atoms with van der Waals surface area (Å²) in [5.74, 6) is 0.329. The standard InChI is InChI=1S/C24H28ClN3O4/c1-17(27(12-7-14-31-2)23(29)18-8-6-9-19(25)16-18)22-26-21-11-5-4-10-20(21)24(30)28(22)13-15-32-3/h4-6,8-11,16-17H,7,12-15H2,1-3H3. The van der Waals surface area contributed by atoms with Crippen molar-refractivity contribution in [3.8, 4) is 0 Å². The first-order chi connectivity index (χ1) is 15.5. The van der Waals surface area contributed by atoms with E-state index in [1.165, 1.54) is 0 Å². The fraction of sp³-hybridized carbons (Fsp3) is 0.375. The smallest absolute Gasteiger partial charge is 0.261 e. The number of carbonyl (C=O) groups is 1. The number of methoxy groups -OCH3 is 2. The number of amides is 1. The highest BCUT2D eigenvalue weighted by atomic mass is 35.5. The Labute approximate surface area is 192 Å². The van der Waals surface area contributed by atoms with Crippen LogP contribution in [0.1, 0.15) is 35.6 Å². The van der Waals surface area contributed by atoms with E-state index in [1.807, 2.05) is 25.1 Å². The molecule has 0 aliphatic carbocycles. The van der Waals surface area contributed by atoms with Crippen LogP contribution in [0, 0.1) is 0 Å². The molecule has 1 atom stereocenters. The van der Waals surface area contributed by atoms with Gasteiger partial charge in [-0.1, -0.05) is 29.8 Å². The van der Waals surface area contributed by atoms with E-state index in [2.05, 4.69) is 0 Å². The molecular weight excluding hydrogens is 430 g/mol. The first-order valence-electron chi connectivity index (χ1n) is 10.5. The molecule has 0 radical (unpaired) electrons. The van der Waals surface area contributed by atoms with E-state index in [0.717, 1.165) is 0 Å². The normalized spacial score (nSPS) is 12.1. The van der Waals surface area contributed by atoms with Gasteiger partial charge in [-0.05, 0) is 43.7 Å². The van der Waals surface area contributed by atoms with Crippen molar-refractivity contribution in [2.24, 2.45) is 0 Å². The van der Waals surface area contributed by atoms with Crippen LogP contribution in [-0.2, 0) is 16.0 Å². The van der Waals surface area contributed by atoms with Crippen molar-refractivity contribution in [2.45, 2.75) is 25.9 Å². The maximum atomic E-state index is 13.5. The van der Waals surface area contributed by atoms with Gasteiger partial charge in [0, 0.05) is 38.0 Å². The van der Waals surface area contributed by atoms with Gasteiger partial charge in [-0.2, -0.15) is 0 Å². The molecule has 0 saturated heterocycles. The Kier molecular flexibility index (Phi) is 8.39. The first kappa shape index (κ1) is 23.9. The van der Waals surface area contributed by atoms with Gasteiger partial charge in [-0.25, -0.2) is 4.98 Å². The number of nitrogens with zero attached hydrogens (tertiary/aromatic N) is 3. The summed E-state index contributed by atoms with van der Waals surface area (Å²) in [6, 6.07) is 13.6. The van der Waals surface area contributed by atoms with Crippen LogP contribution in [-0.4, -0.2) is 54.3 Å². The summed E-state index contributed by atoms with van der Waals surface area (Å²) in [4.78, 5) is 33.2. The number of halogens is 1. The molecule has 3 aromatic rings. The highest BCUT2D eigenvalue weighted by molar-refractivity contribution is 6.30. The van der Waals surface area contributed by atoms with E-state index in [9.17, 15) is 9.59 Å². The molecular formula is C24H28ClN3O4. The highest BCUT2D eigenvalue weighted by Crippen LogP contribution is 2.23. The minimum atomic E-state index is -0.465. The zero-order valence-corrected chi connectivity index (χ0v) is 19.3. The summed E-state index contributed by atoms with van der Waals surface area (Å²) >= 11 is 6.12. The number of fused-ring (bicyclic) bond motifs is 1. The van der Waals surface area contributed by atoms with Gasteiger partial charge in [0.25, 0.3) is 11.5 Å². The van der Waals surface area contributed by atoms with Gasteiger partial charge in [0.05, 0.1) is 30.1 Å². The molecule has 0 saturated carbocycles. The molecule has 32 heavy (non-hydrogen) atoms. The van der Waals surface area contributed by atoms with Crippen LogP contribution in [0.5, 0.6) is 0 Å². The molecule has 8 heteroatoms. The van der Waals surface area contributed by atoms with Crippen molar-refractivity contribution in [2.75, 3.05) is 34.0 Å². The molecule has 0 spiro atoms. The van der Waals surface area contributed by atoms with Crippen LogP contribution < -0.4 is 5.56 Å². The zero-order chi connectivity index (χ0) is 23.1. The lowest BCUT2D eigenvalue weighted by Gasteiger charge is -2.30. The molecule has 1 aromatic heterocycles. The quantitative estimate of drug-likeness (QED) is 0.431. The van der Waals surface area contributed by atoms with E-state index in [-0.39, 0.29) is 11.5 Å². The van der Waals surface area contributed by atoms with Crippen LogP contribution in [0.3, 0.4) is 0 Å². The Balaban J connectivity index is 2.08. The Morgan fingerprint density at radius 3 is 2.59 bits per heavy atom. The summed E-state index contributed by atoms with van der Waals surface area (Å²) in [6.07, 6.45) is 0.642. The number of benzene rings is 2. The summed E-state index contributed by atoms with van der Waals surface area (Å²) in [5, 5.41) is 1.02. The van der Waals surface area contributed by atoms with E-state index in [4.69, 9.17) is 26.1 Å². The lowest BCUT2D eigenvalue weighted by molar-refractivity contribution is 0.0653. The Morgan fingerprint density at radius 1 is 1.12 bits per heavy atom. The molecule has 1 amide bonds. The van der Waals surface area contributed by atoms with Crippen molar-refractivity contribution in [3.63, 3.8) is 0 Å². The SMILES string of the molecule is COCCCN(C(=O)c1cccc(Cl)c1)C(C)c1nc2ccccc2c(=O)n1CCOC. The topological polar surface area (TPSA) is 73.7 Å². The van der Waals surface area contributed by atoms with Crippen LogP contribution in [0.15, 0.2) is 53.3 Å². The third-order valence-corrected chi connectivity index (χ3v) is 5.57. The molecule has 7 nitrogen and oxygen atoms in total. The summed E-state index contributed by atoms with van der Waals surface area (Å²) in [7, 11) is 3.21. The highest BCUT2D eigenvalue weighted by Gasteiger charge is 2.27. The third-order valence-electron chi connectivity index (χ3n) is 5.33. The van der Waals surface area contributed by atoms with Crippen LogP contribution in [0.4, 0.5) is 0 Å². The van der Waals surface area contributed by atoms with Crippen LogP contribution in [0.25, 0.3) is 10.9 Å². The molecule has 1 unspecified atom stereocenters. The molecule has 0 aliphatic heterocycles. The first-order valence-corrected chi connectivity index (χ1v) is 10.9. The fourth-order valence-corrected chi connectivity index (χ4v) is 3.87. The minimum Gasteiger partial charge on any atom is -0.385 e. The second-order valence-corrected chi connectivity index (χ2v) is 7.90. The number of aromatic nitrogens is 2. The van der Waals surface area contributed by atoms with Crippen LogP contribution >= 0.6 is 11.6 Å². The molecule has 1 heterocycles. The van der Waals surface area contributed by atoms with Gasteiger partial charge in [0.2, 0.25) is 0 Å². The maximum absolute atomic E-state index is 13.5. The van der Waals surface area contributed by atoms with Crippen molar-refractivity contribution in [1.29, 1.82) is 0 Å². The number of hydrogen-bond acceptors (Lipinski definition) is 5. The van der Waals surface area contributed by atoms with Crippen molar-refractivity contribution in [3.05, 3.63) is 75.3 Å². The van der Waals surface area contributed by atoms with Gasteiger partial charge in [-0.15, -0.1) is 0 Å². The monoisotopic (exact) mass is 457 g/mol.